The third-order valence-corrected chi connectivity index (χ3v) is 6.82. The van der Waals surface area contributed by atoms with Gasteiger partial charge in [-0.25, -0.2) is 17.9 Å². The number of nitrogens with zero attached hydrogens (tertiary/aromatic N) is 4. The van der Waals surface area contributed by atoms with E-state index in [-0.39, 0.29) is 17.4 Å². The predicted molar refractivity (Wildman–Crippen MR) is 124 cm³/mol. The summed E-state index contributed by atoms with van der Waals surface area (Å²) in [6.07, 6.45) is 1.39. The Morgan fingerprint density at radius 3 is 2.54 bits per heavy atom. The number of pyridine rings is 1. The van der Waals surface area contributed by atoms with Crippen LogP contribution in [0.2, 0.25) is 0 Å². The van der Waals surface area contributed by atoms with E-state index in [1.165, 1.54) is 22.6 Å². The fraction of sp³-hybridized carbons (Fsp3) is 0.409. The molecule has 0 bridgehead atoms. The number of halogens is 4. The van der Waals surface area contributed by atoms with Gasteiger partial charge in [0, 0.05) is 27.3 Å². The van der Waals surface area contributed by atoms with Gasteiger partial charge in [0.05, 0.1) is 18.9 Å². The Kier molecular flexibility index (Phi) is 8.13. The van der Waals surface area contributed by atoms with Crippen molar-refractivity contribution < 1.29 is 32.9 Å². The molecule has 2 unspecified atom stereocenters. The molecule has 0 spiro atoms. The average Bonchev–Trinajstić information content (AvgIpc) is 3.28. The molecule has 188 valence electrons. The summed E-state index contributed by atoms with van der Waals surface area (Å²) >= 11 is 4.67. The largest absolute Gasteiger partial charge is 0.394 e. The van der Waals surface area contributed by atoms with E-state index in [1.807, 2.05) is 19.9 Å². The quantitative estimate of drug-likeness (QED) is 0.412. The van der Waals surface area contributed by atoms with E-state index in [0.29, 0.717) is 0 Å². The first-order valence-corrected chi connectivity index (χ1v) is 12.3. The molecule has 1 fully saturated rings. The number of rotatable bonds is 7. The van der Waals surface area contributed by atoms with Crippen LogP contribution in [-0.4, -0.2) is 66.6 Å². The minimum absolute atomic E-state index is 0.0274. The minimum Gasteiger partial charge on any atom is -0.394 e. The summed E-state index contributed by atoms with van der Waals surface area (Å²) in [7, 11) is 0. The summed E-state index contributed by atoms with van der Waals surface area (Å²) in [6, 6.07) is 2.58. The van der Waals surface area contributed by atoms with Gasteiger partial charge < -0.3 is 19.7 Å². The number of aromatic nitrogens is 4. The fourth-order valence-electron chi connectivity index (χ4n) is 3.77. The predicted octanol–water partition coefficient (Wildman–Crippen LogP) is 3.73. The third-order valence-electron chi connectivity index (χ3n) is 5.28. The highest BCUT2D eigenvalue weighted by Gasteiger charge is 2.48. The van der Waals surface area contributed by atoms with Crippen molar-refractivity contribution in [1.29, 1.82) is 0 Å². The summed E-state index contributed by atoms with van der Waals surface area (Å²) in [5.41, 5.74) is -0.654. The molecule has 8 nitrogen and oxygen atoms in total. The van der Waals surface area contributed by atoms with Gasteiger partial charge >= 0.3 is 0 Å². The van der Waals surface area contributed by atoms with Crippen LogP contribution < -0.4 is 0 Å². The number of hydrogen-bond donors (Lipinski definition) is 2. The zero-order chi connectivity index (χ0) is 25.3. The van der Waals surface area contributed by atoms with Gasteiger partial charge in [-0.05, 0) is 48.0 Å². The lowest BCUT2D eigenvalue weighted by Gasteiger charge is -2.44. The van der Waals surface area contributed by atoms with Crippen LogP contribution in [0.15, 0.2) is 46.2 Å². The lowest BCUT2D eigenvalue weighted by molar-refractivity contribution is -0.201. The molecule has 2 aromatic heterocycles. The third kappa shape index (κ3) is 5.70. The highest BCUT2D eigenvalue weighted by atomic mass is 79.9. The van der Waals surface area contributed by atoms with Crippen molar-refractivity contribution in [2.24, 2.45) is 0 Å². The molecule has 0 saturated carbocycles. The zero-order valence-corrected chi connectivity index (χ0v) is 21.0. The molecule has 2 N–H and O–H groups in total. The highest BCUT2D eigenvalue weighted by molar-refractivity contribution is 9.10. The Labute approximate surface area is 211 Å². The van der Waals surface area contributed by atoms with Crippen molar-refractivity contribution in [2.75, 3.05) is 6.61 Å². The van der Waals surface area contributed by atoms with E-state index in [9.17, 15) is 23.4 Å². The second-order valence-corrected chi connectivity index (χ2v) is 10.2. The van der Waals surface area contributed by atoms with Crippen LogP contribution in [0.25, 0.3) is 11.3 Å². The number of aliphatic hydroxyl groups excluding tert-OH is 2. The molecule has 0 amide bonds. The summed E-state index contributed by atoms with van der Waals surface area (Å²) in [5, 5.41) is 28.9. The van der Waals surface area contributed by atoms with Crippen molar-refractivity contribution in [3.63, 3.8) is 0 Å². The van der Waals surface area contributed by atoms with Crippen LogP contribution in [0.4, 0.5) is 13.2 Å². The van der Waals surface area contributed by atoms with Gasteiger partial charge in [0.15, 0.2) is 17.5 Å². The van der Waals surface area contributed by atoms with Gasteiger partial charge in [-0.1, -0.05) is 17.0 Å². The van der Waals surface area contributed by atoms with Gasteiger partial charge in [0.1, 0.15) is 35.5 Å². The molecule has 4 rings (SSSR count). The molecule has 1 saturated heterocycles. The topological polar surface area (TPSA) is 103 Å². The van der Waals surface area contributed by atoms with E-state index >= 15 is 0 Å². The number of aliphatic hydroxyl groups is 2. The second-order valence-electron chi connectivity index (χ2n) is 8.15. The molecule has 1 aliphatic heterocycles. The Morgan fingerprint density at radius 1 is 1.20 bits per heavy atom. The summed E-state index contributed by atoms with van der Waals surface area (Å²) < 4.78 is 55.1. The minimum atomic E-state index is -1.58. The van der Waals surface area contributed by atoms with Gasteiger partial charge in [0.2, 0.25) is 0 Å². The van der Waals surface area contributed by atoms with Gasteiger partial charge in [-0.2, -0.15) is 0 Å². The normalized spacial score (nSPS) is 24.8. The number of hydrogen-bond acceptors (Lipinski definition) is 8. The first kappa shape index (κ1) is 26.0. The standard InChI is InChI=1S/C22H22BrF3N4O4S/c1-10(2)33-21-19(30-8-16(28-29-30)11-3-14(24)18(26)15(25)4-11)20(32)17(9-31)34-22(21)35-13-5-12(23)6-27-7-13/h3-8,10,17,19-22,31-32H,9H2,1-2H3/t17?,19-,20-,21?,22+/m0/s1. The van der Waals surface area contributed by atoms with Crippen molar-refractivity contribution in [3.8, 4) is 11.3 Å². The SMILES string of the molecule is CC(C)OC1[C@@H](Sc2cncc(Br)c2)OC(CO)[C@H](O)[C@@H]1n1cc(-c2cc(F)c(F)c(F)c2)nn1. The van der Waals surface area contributed by atoms with Crippen LogP contribution >= 0.6 is 27.7 Å². The molecule has 0 radical (unpaired) electrons. The second kappa shape index (κ2) is 10.9. The van der Waals surface area contributed by atoms with Crippen molar-refractivity contribution in [2.45, 2.75) is 54.6 Å². The maximum Gasteiger partial charge on any atom is 0.194 e. The lowest BCUT2D eigenvalue weighted by Crippen LogP contribution is -2.56. The molecule has 1 aromatic carbocycles. The maximum absolute atomic E-state index is 13.8. The molecule has 0 aliphatic carbocycles. The Balaban J connectivity index is 1.71. The van der Waals surface area contributed by atoms with Crippen molar-refractivity contribution in [1.82, 2.24) is 20.0 Å². The van der Waals surface area contributed by atoms with Gasteiger partial charge in [-0.15, -0.1) is 5.10 Å². The highest BCUT2D eigenvalue weighted by Crippen LogP contribution is 2.40. The van der Waals surface area contributed by atoms with Crippen molar-refractivity contribution in [3.05, 3.63) is 58.7 Å². The van der Waals surface area contributed by atoms with E-state index in [4.69, 9.17) is 9.47 Å². The molecular formula is C22H22BrF3N4O4S. The van der Waals surface area contributed by atoms with Crippen LogP contribution in [0, 0.1) is 17.5 Å². The zero-order valence-electron chi connectivity index (χ0n) is 18.6. The smallest absolute Gasteiger partial charge is 0.194 e. The summed E-state index contributed by atoms with van der Waals surface area (Å²) in [6.45, 7) is 3.16. The first-order chi connectivity index (χ1) is 16.7. The van der Waals surface area contributed by atoms with Crippen LogP contribution in [-0.2, 0) is 9.47 Å². The molecular weight excluding hydrogens is 553 g/mol. The number of ether oxygens (including phenoxy) is 2. The first-order valence-electron chi connectivity index (χ1n) is 10.6. The summed E-state index contributed by atoms with van der Waals surface area (Å²) in [4.78, 5) is 4.90. The molecule has 3 aromatic rings. The molecule has 5 atom stereocenters. The van der Waals surface area contributed by atoms with Crippen molar-refractivity contribution >= 4 is 27.7 Å². The lowest BCUT2D eigenvalue weighted by atomic mass is 9.97. The maximum atomic E-state index is 13.8. The van der Waals surface area contributed by atoms with E-state index in [2.05, 4.69) is 31.2 Å². The fourth-order valence-corrected chi connectivity index (χ4v) is 5.43. The van der Waals surface area contributed by atoms with Crippen LogP contribution in [0.1, 0.15) is 19.9 Å². The van der Waals surface area contributed by atoms with E-state index in [1.54, 1.807) is 12.4 Å². The van der Waals surface area contributed by atoms with Crippen LogP contribution in [0.5, 0.6) is 0 Å². The van der Waals surface area contributed by atoms with Gasteiger partial charge in [0.25, 0.3) is 0 Å². The van der Waals surface area contributed by atoms with Gasteiger partial charge in [-0.3, -0.25) is 4.98 Å². The van der Waals surface area contributed by atoms with E-state index in [0.717, 1.165) is 21.5 Å². The Hall–Kier alpha value is -2.03. The van der Waals surface area contributed by atoms with E-state index < -0.39 is 53.8 Å². The Morgan fingerprint density at radius 2 is 1.91 bits per heavy atom. The summed E-state index contributed by atoms with van der Waals surface area (Å²) in [5.74, 6) is -4.30. The van der Waals surface area contributed by atoms with Crippen LogP contribution in [0.3, 0.4) is 0 Å². The number of thioether (sulfide) groups is 1. The molecule has 1 aliphatic rings. The molecule has 35 heavy (non-hydrogen) atoms. The Bertz CT molecular complexity index is 1160. The number of benzene rings is 1. The monoisotopic (exact) mass is 574 g/mol. The average molecular weight is 575 g/mol. The molecule has 13 heteroatoms. The molecule has 3 heterocycles.